The normalized spacial score (nSPS) is 10.7. The van der Waals surface area contributed by atoms with Crippen LogP contribution in [0.15, 0.2) is 18.2 Å². The number of rotatable bonds is 2. The molecule has 0 heterocycles. The van der Waals surface area contributed by atoms with Gasteiger partial charge in [-0.3, -0.25) is 0 Å². The average molecular weight is 212 g/mol. The molecule has 15 heavy (non-hydrogen) atoms. The van der Waals surface area contributed by atoms with Crippen molar-refractivity contribution >= 4 is 12.0 Å². The molecule has 0 amide bonds. The van der Waals surface area contributed by atoms with Gasteiger partial charge in [0.1, 0.15) is 11.6 Å². The number of aryl methyl sites for hydroxylation is 1. The fourth-order valence-corrected chi connectivity index (χ4v) is 1.03. The molecule has 0 saturated carbocycles. The van der Waals surface area contributed by atoms with Crippen LogP contribution in [0.1, 0.15) is 11.1 Å². The van der Waals surface area contributed by atoms with Gasteiger partial charge in [-0.25, -0.2) is 13.6 Å². The van der Waals surface area contributed by atoms with Crippen molar-refractivity contribution in [2.75, 3.05) is 7.11 Å². The first kappa shape index (κ1) is 11.4. The van der Waals surface area contributed by atoms with Gasteiger partial charge in [0.15, 0.2) is 0 Å². The van der Waals surface area contributed by atoms with Gasteiger partial charge >= 0.3 is 5.97 Å². The van der Waals surface area contributed by atoms with Crippen molar-refractivity contribution in [3.8, 4) is 0 Å². The Hall–Kier alpha value is -1.71. The summed E-state index contributed by atoms with van der Waals surface area (Å²) < 4.78 is 30.4. The summed E-state index contributed by atoms with van der Waals surface area (Å²) in [5, 5.41) is 0. The highest BCUT2D eigenvalue weighted by Crippen LogP contribution is 2.15. The second-order valence-corrected chi connectivity index (χ2v) is 2.98. The Morgan fingerprint density at radius 2 is 2.00 bits per heavy atom. The molecule has 0 atom stereocenters. The van der Waals surface area contributed by atoms with Gasteiger partial charge in [-0.15, -0.1) is 0 Å². The molecule has 0 aliphatic carbocycles. The van der Waals surface area contributed by atoms with Gasteiger partial charge in [0.05, 0.1) is 7.11 Å². The topological polar surface area (TPSA) is 26.3 Å². The Kier molecular flexibility index (Phi) is 3.55. The fraction of sp³-hybridized carbons (Fsp3) is 0.182. The van der Waals surface area contributed by atoms with E-state index in [1.54, 1.807) is 0 Å². The number of halogens is 2. The Balaban J connectivity index is 3.00. The summed E-state index contributed by atoms with van der Waals surface area (Å²) in [5.41, 5.74) is 0.472. The van der Waals surface area contributed by atoms with Gasteiger partial charge in [-0.2, -0.15) is 0 Å². The first-order valence-corrected chi connectivity index (χ1v) is 4.26. The molecule has 0 fully saturated rings. The lowest BCUT2D eigenvalue weighted by Crippen LogP contribution is -1.94. The molecule has 1 aromatic carbocycles. The molecule has 4 heteroatoms. The van der Waals surface area contributed by atoms with E-state index in [1.165, 1.54) is 26.2 Å². The Morgan fingerprint density at radius 3 is 2.60 bits per heavy atom. The monoisotopic (exact) mass is 212 g/mol. The van der Waals surface area contributed by atoms with Crippen LogP contribution in [0.5, 0.6) is 0 Å². The zero-order valence-electron chi connectivity index (χ0n) is 8.38. The van der Waals surface area contributed by atoms with E-state index in [0.717, 1.165) is 12.1 Å². The van der Waals surface area contributed by atoms with Gasteiger partial charge in [-0.05, 0) is 24.6 Å². The molecule has 0 unspecified atom stereocenters. The summed E-state index contributed by atoms with van der Waals surface area (Å²) >= 11 is 0. The first-order valence-electron chi connectivity index (χ1n) is 4.26. The lowest BCUT2D eigenvalue weighted by atomic mass is 10.1. The quantitative estimate of drug-likeness (QED) is 0.556. The van der Waals surface area contributed by atoms with E-state index in [-0.39, 0.29) is 5.56 Å². The molecular formula is C11H10F2O2. The largest absolute Gasteiger partial charge is 0.466 e. The summed E-state index contributed by atoms with van der Waals surface area (Å²) in [7, 11) is 1.22. The van der Waals surface area contributed by atoms with E-state index in [1.807, 2.05) is 0 Å². The zero-order chi connectivity index (χ0) is 11.4. The third-order valence-corrected chi connectivity index (χ3v) is 1.88. The Labute approximate surface area is 86.2 Å². The molecule has 0 saturated heterocycles. The van der Waals surface area contributed by atoms with E-state index in [4.69, 9.17) is 0 Å². The van der Waals surface area contributed by atoms with Crippen LogP contribution in [0.2, 0.25) is 0 Å². The minimum absolute atomic E-state index is 0.152. The highest BCUT2D eigenvalue weighted by Gasteiger charge is 2.04. The van der Waals surface area contributed by atoms with Crippen LogP contribution in [-0.2, 0) is 9.53 Å². The Morgan fingerprint density at radius 1 is 1.33 bits per heavy atom. The van der Waals surface area contributed by atoms with Crippen molar-refractivity contribution < 1.29 is 18.3 Å². The van der Waals surface area contributed by atoms with Gasteiger partial charge in [0.25, 0.3) is 0 Å². The van der Waals surface area contributed by atoms with E-state index in [0.29, 0.717) is 5.56 Å². The minimum atomic E-state index is -0.710. The molecule has 0 aliphatic heterocycles. The first-order chi connectivity index (χ1) is 7.04. The average Bonchev–Trinajstić information content (AvgIpc) is 2.21. The second-order valence-electron chi connectivity index (χ2n) is 2.98. The summed E-state index contributed by atoms with van der Waals surface area (Å²) in [6.45, 7) is 1.52. The number of methoxy groups -OCH3 is 1. The SMILES string of the molecule is COC(=O)C=Cc1cc(C)c(F)cc1F. The van der Waals surface area contributed by atoms with Crippen LogP contribution in [0.25, 0.3) is 6.08 Å². The van der Waals surface area contributed by atoms with Crippen LogP contribution in [0, 0.1) is 18.6 Å². The zero-order valence-corrected chi connectivity index (χ0v) is 8.38. The third kappa shape index (κ3) is 2.87. The molecule has 80 valence electrons. The lowest BCUT2D eigenvalue weighted by Gasteiger charge is -2.00. The minimum Gasteiger partial charge on any atom is -0.466 e. The van der Waals surface area contributed by atoms with Gasteiger partial charge in [0.2, 0.25) is 0 Å². The predicted molar refractivity (Wildman–Crippen MR) is 52.1 cm³/mol. The Bertz CT molecular complexity index is 411. The maximum absolute atomic E-state index is 13.1. The number of benzene rings is 1. The van der Waals surface area contributed by atoms with Crippen molar-refractivity contribution in [3.05, 3.63) is 41.0 Å². The number of esters is 1. The number of hydrogen-bond donors (Lipinski definition) is 0. The van der Waals surface area contributed by atoms with Gasteiger partial charge in [-0.1, -0.05) is 0 Å². The number of ether oxygens (including phenoxy) is 1. The van der Waals surface area contributed by atoms with Crippen molar-refractivity contribution in [1.29, 1.82) is 0 Å². The predicted octanol–water partition coefficient (Wildman–Crippen LogP) is 2.46. The number of hydrogen-bond acceptors (Lipinski definition) is 2. The lowest BCUT2D eigenvalue weighted by molar-refractivity contribution is -0.134. The molecule has 1 aromatic rings. The van der Waals surface area contributed by atoms with Crippen molar-refractivity contribution in [3.63, 3.8) is 0 Å². The highest BCUT2D eigenvalue weighted by atomic mass is 19.1. The smallest absolute Gasteiger partial charge is 0.330 e. The summed E-state index contributed by atoms with van der Waals surface area (Å²) in [6, 6.07) is 2.11. The standard InChI is InChI=1S/C11H10F2O2/c1-7-5-8(3-4-11(14)15-2)10(13)6-9(7)12/h3-6H,1-2H3. The third-order valence-electron chi connectivity index (χ3n) is 1.88. The number of carbonyl (C=O) groups excluding carboxylic acids is 1. The van der Waals surface area contributed by atoms with E-state index in [9.17, 15) is 13.6 Å². The number of carbonyl (C=O) groups is 1. The second kappa shape index (κ2) is 4.68. The van der Waals surface area contributed by atoms with Crippen LogP contribution in [0.4, 0.5) is 8.78 Å². The van der Waals surface area contributed by atoms with Crippen LogP contribution >= 0.6 is 0 Å². The molecule has 0 aliphatic rings. The molecule has 0 spiro atoms. The summed E-state index contributed by atoms with van der Waals surface area (Å²) in [4.78, 5) is 10.7. The van der Waals surface area contributed by atoms with Crippen molar-refractivity contribution in [2.24, 2.45) is 0 Å². The van der Waals surface area contributed by atoms with Crippen molar-refractivity contribution in [1.82, 2.24) is 0 Å². The molecule has 2 nitrogen and oxygen atoms in total. The van der Waals surface area contributed by atoms with Crippen LogP contribution in [0.3, 0.4) is 0 Å². The molecule has 0 aromatic heterocycles. The summed E-state index contributed by atoms with van der Waals surface area (Å²) in [6.07, 6.45) is 2.32. The van der Waals surface area contributed by atoms with Gasteiger partial charge < -0.3 is 4.74 Å². The van der Waals surface area contributed by atoms with E-state index in [2.05, 4.69) is 4.74 Å². The molecule has 0 bridgehead atoms. The van der Waals surface area contributed by atoms with Crippen LogP contribution in [-0.4, -0.2) is 13.1 Å². The molecule has 0 radical (unpaired) electrons. The van der Waals surface area contributed by atoms with Crippen molar-refractivity contribution in [2.45, 2.75) is 6.92 Å². The van der Waals surface area contributed by atoms with Gasteiger partial charge in [0, 0.05) is 17.7 Å². The molecular weight excluding hydrogens is 202 g/mol. The van der Waals surface area contributed by atoms with Crippen LogP contribution < -0.4 is 0 Å². The highest BCUT2D eigenvalue weighted by molar-refractivity contribution is 5.86. The fourth-order valence-electron chi connectivity index (χ4n) is 1.03. The molecule has 0 N–H and O–H groups in total. The van der Waals surface area contributed by atoms with E-state index < -0.39 is 17.6 Å². The van der Waals surface area contributed by atoms with E-state index >= 15 is 0 Å². The molecule has 1 rings (SSSR count). The summed E-state index contributed by atoms with van der Waals surface area (Å²) in [5.74, 6) is -1.91. The maximum Gasteiger partial charge on any atom is 0.330 e. The maximum atomic E-state index is 13.1.